The lowest BCUT2D eigenvalue weighted by molar-refractivity contribution is 0.405. The summed E-state index contributed by atoms with van der Waals surface area (Å²) in [7, 11) is 1.25. The van der Waals surface area contributed by atoms with Crippen molar-refractivity contribution in [3.63, 3.8) is 0 Å². The second kappa shape index (κ2) is 3.90. The number of hydrogen-bond donors (Lipinski definition) is 0. The van der Waals surface area contributed by atoms with Gasteiger partial charge < -0.3 is 17.7 Å². The van der Waals surface area contributed by atoms with E-state index in [1.807, 2.05) is 0 Å². The van der Waals surface area contributed by atoms with Crippen LogP contribution in [0.3, 0.4) is 0 Å². The minimum Gasteiger partial charge on any atom is -0.497 e. The molecule has 1 rings (SSSR count). The molecule has 0 saturated carbocycles. The third kappa shape index (κ3) is 2.94. The first-order chi connectivity index (χ1) is 6.42. The molecule has 0 aliphatic heterocycles. The van der Waals surface area contributed by atoms with Crippen LogP contribution >= 0.6 is 0 Å². The van der Waals surface area contributed by atoms with E-state index >= 15 is 0 Å². The Hall–Kier alpha value is -1.20. The van der Waals surface area contributed by atoms with Crippen molar-refractivity contribution in [2.75, 3.05) is 7.11 Å². The van der Waals surface area contributed by atoms with E-state index in [9.17, 15) is 17.3 Å². The highest BCUT2D eigenvalue weighted by Gasteiger charge is 2.25. The molecule has 0 saturated heterocycles. The molecule has 1 nitrogen and oxygen atoms in total. The second-order valence-corrected chi connectivity index (χ2v) is 2.87. The van der Waals surface area contributed by atoms with Crippen LogP contribution in [0.5, 0.6) is 5.75 Å². The summed E-state index contributed by atoms with van der Waals surface area (Å²) >= 11 is 0. The van der Waals surface area contributed by atoms with Gasteiger partial charge in [-0.25, -0.2) is 4.39 Å². The minimum atomic E-state index is -4.97. The maximum Gasteiger partial charge on any atom is 0.482 e. The zero-order chi connectivity index (χ0) is 10.8. The topological polar surface area (TPSA) is 9.23 Å². The largest absolute Gasteiger partial charge is 0.497 e. The van der Waals surface area contributed by atoms with Gasteiger partial charge in [0.25, 0.3) is 0 Å². The molecule has 0 spiro atoms. The van der Waals surface area contributed by atoms with Crippen LogP contribution in [-0.2, 0) is 6.32 Å². The molecule has 0 amide bonds. The number of ether oxygens (including phenoxy) is 1. The number of benzene rings is 1. The van der Waals surface area contributed by atoms with Gasteiger partial charge in [0.1, 0.15) is 11.6 Å². The monoisotopic (exact) mass is 207 g/mol. The van der Waals surface area contributed by atoms with E-state index in [1.165, 1.54) is 13.2 Å². The predicted molar refractivity (Wildman–Crippen MR) is 45.7 cm³/mol. The van der Waals surface area contributed by atoms with Crippen LogP contribution in [0, 0.1) is 5.82 Å². The van der Waals surface area contributed by atoms with Crippen molar-refractivity contribution >= 4 is 6.98 Å². The molecular weight excluding hydrogens is 199 g/mol. The van der Waals surface area contributed by atoms with Crippen molar-refractivity contribution < 1.29 is 22.1 Å². The Morgan fingerprint density at radius 2 is 1.93 bits per heavy atom. The smallest absolute Gasteiger partial charge is 0.482 e. The van der Waals surface area contributed by atoms with Crippen molar-refractivity contribution in [1.82, 2.24) is 0 Å². The van der Waals surface area contributed by atoms with Gasteiger partial charge in [-0.1, -0.05) is 6.32 Å². The van der Waals surface area contributed by atoms with E-state index in [-0.39, 0.29) is 11.3 Å². The van der Waals surface area contributed by atoms with Crippen LogP contribution in [0.4, 0.5) is 17.3 Å². The first kappa shape index (κ1) is 10.9. The summed E-state index contributed by atoms with van der Waals surface area (Å²) in [6.07, 6.45) is -1.12. The Bertz CT molecular complexity index is 324. The lowest BCUT2D eigenvalue weighted by Gasteiger charge is -2.15. The molecule has 0 heterocycles. The second-order valence-electron chi connectivity index (χ2n) is 2.87. The average Bonchev–Trinajstić information content (AvgIpc) is 2.01. The van der Waals surface area contributed by atoms with Crippen molar-refractivity contribution in [3.05, 3.63) is 29.6 Å². The van der Waals surface area contributed by atoms with Gasteiger partial charge in [-0.2, -0.15) is 0 Å². The van der Waals surface area contributed by atoms with E-state index in [1.54, 1.807) is 0 Å². The number of hydrogen-bond acceptors (Lipinski definition) is 1. The van der Waals surface area contributed by atoms with Crippen molar-refractivity contribution in [2.45, 2.75) is 6.32 Å². The summed E-state index contributed by atoms with van der Waals surface area (Å²) in [5, 5.41) is 0. The van der Waals surface area contributed by atoms with Crippen molar-refractivity contribution in [3.8, 4) is 5.75 Å². The number of rotatable bonds is 3. The fourth-order valence-corrected chi connectivity index (χ4v) is 1.16. The van der Waals surface area contributed by atoms with Gasteiger partial charge in [0.15, 0.2) is 0 Å². The minimum absolute atomic E-state index is 0.0607. The highest BCUT2D eigenvalue weighted by molar-refractivity contribution is 6.57. The zero-order valence-electron chi connectivity index (χ0n) is 7.44. The quantitative estimate of drug-likeness (QED) is 0.546. The molecule has 78 valence electrons. The summed E-state index contributed by atoms with van der Waals surface area (Å²) in [4.78, 5) is 0. The van der Waals surface area contributed by atoms with Crippen LogP contribution < -0.4 is 4.74 Å². The molecule has 0 bridgehead atoms. The Kier molecular flexibility index (Phi) is 3.03. The molecule has 0 atom stereocenters. The maximum atomic E-state index is 12.6. The Balaban J connectivity index is 2.99. The molecule has 0 aromatic heterocycles. The van der Waals surface area contributed by atoms with E-state index in [4.69, 9.17) is 0 Å². The van der Waals surface area contributed by atoms with Gasteiger partial charge in [-0.05, 0) is 23.8 Å². The van der Waals surface area contributed by atoms with Crippen LogP contribution in [-0.4, -0.2) is 14.1 Å². The molecule has 0 N–H and O–H groups in total. The van der Waals surface area contributed by atoms with E-state index in [2.05, 4.69) is 4.74 Å². The van der Waals surface area contributed by atoms with Crippen molar-refractivity contribution in [1.29, 1.82) is 0 Å². The normalized spacial score (nSPS) is 11.5. The van der Waals surface area contributed by atoms with Crippen molar-refractivity contribution in [2.24, 2.45) is 0 Å². The first-order valence-electron chi connectivity index (χ1n) is 3.96. The van der Waals surface area contributed by atoms with Gasteiger partial charge >= 0.3 is 6.98 Å². The Morgan fingerprint density at radius 3 is 2.43 bits per heavy atom. The van der Waals surface area contributed by atoms with Crippen LogP contribution in [0.25, 0.3) is 0 Å². The lowest BCUT2D eigenvalue weighted by Crippen LogP contribution is -2.19. The summed E-state index contributed by atoms with van der Waals surface area (Å²) < 4.78 is 53.6. The molecule has 1 aromatic rings. The fraction of sp³-hybridized carbons (Fsp3) is 0.250. The highest BCUT2D eigenvalue weighted by Crippen LogP contribution is 2.25. The van der Waals surface area contributed by atoms with Crippen LogP contribution in [0.15, 0.2) is 18.2 Å². The van der Waals surface area contributed by atoms with Gasteiger partial charge in [0.2, 0.25) is 0 Å². The number of methoxy groups -OCH3 is 1. The lowest BCUT2D eigenvalue weighted by atomic mass is 9.81. The molecule has 0 aliphatic carbocycles. The zero-order valence-corrected chi connectivity index (χ0v) is 7.44. The molecule has 1 aromatic carbocycles. The third-order valence-electron chi connectivity index (χ3n) is 1.69. The van der Waals surface area contributed by atoms with Gasteiger partial charge in [-0.15, -0.1) is 0 Å². The van der Waals surface area contributed by atoms with Gasteiger partial charge in [0, 0.05) is 0 Å². The summed E-state index contributed by atoms with van der Waals surface area (Å²) in [6, 6.07) is 3.09. The molecule has 0 radical (unpaired) electrons. The molecule has 0 fully saturated rings. The fourth-order valence-electron chi connectivity index (χ4n) is 1.16. The van der Waals surface area contributed by atoms with E-state index < -0.39 is 19.1 Å². The SMILES string of the molecule is COc1ccc(F)cc1C[B-](F)(F)F. The highest BCUT2D eigenvalue weighted by atomic mass is 19.4. The predicted octanol–water partition coefficient (Wildman–Crippen LogP) is 2.76. The third-order valence-corrected chi connectivity index (χ3v) is 1.69. The average molecular weight is 207 g/mol. The number of halogens is 4. The van der Waals surface area contributed by atoms with Gasteiger partial charge in [-0.3, -0.25) is 0 Å². The molecule has 0 aliphatic rings. The molecule has 6 heteroatoms. The summed E-state index contributed by atoms with van der Waals surface area (Å²) in [6.45, 7) is -4.97. The maximum absolute atomic E-state index is 12.6. The first-order valence-corrected chi connectivity index (χ1v) is 3.96. The summed E-state index contributed by atoms with van der Waals surface area (Å²) in [5.41, 5.74) is -0.167. The molecule has 14 heavy (non-hydrogen) atoms. The van der Waals surface area contributed by atoms with Gasteiger partial charge in [0.05, 0.1) is 7.11 Å². The molecular formula is C8H8BF4O-. The standard InChI is InChI=1S/C8H8BF4O/c1-14-8-3-2-7(10)4-6(8)5-9(11,12)13/h2-4H,5H2,1H3/q-1. The Labute approximate surface area is 78.7 Å². The van der Waals surface area contributed by atoms with E-state index in [0.717, 1.165) is 12.1 Å². The molecule has 0 unspecified atom stereocenters. The summed E-state index contributed by atoms with van der Waals surface area (Å²) in [5.74, 6) is -0.633. The van der Waals surface area contributed by atoms with Crippen LogP contribution in [0.2, 0.25) is 0 Å². The van der Waals surface area contributed by atoms with E-state index in [0.29, 0.717) is 0 Å². The van der Waals surface area contributed by atoms with Crippen LogP contribution in [0.1, 0.15) is 5.56 Å². The Morgan fingerprint density at radius 1 is 1.29 bits per heavy atom.